The maximum Gasteiger partial charge on any atom is 0.153 e. The maximum absolute atomic E-state index is 4.94. The van der Waals surface area contributed by atoms with E-state index in [4.69, 9.17) is 4.98 Å². The van der Waals surface area contributed by atoms with Gasteiger partial charge in [0.1, 0.15) is 11.6 Å². The normalized spacial score (nSPS) is 22.6. The number of anilines is 3. The van der Waals surface area contributed by atoms with Crippen LogP contribution < -0.4 is 10.6 Å². The number of hydrogen-bond donors (Lipinski definition) is 3. The van der Waals surface area contributed by atoms with Gasteiger partial charge < -0.3 is 10.6 Å². The van der Waals surface area contributed by atoms with Crippen LogP contribution in [-0.2, 0) is 0 Å². The molecule has 6 rings (SSSR count). The Balaban J connectivity index is 1.23. The Labute approximate surface area is 203 Å². The fourth-order valence-electron chi connectivity index (χ4n) is 5.18. The molecule has 0 amide bonds. The Hall–Kier alpha value is -3.17. The van der Waals surface area contributed by atoms with Crippen molar-refractivity contribution in [1.82, 2.24) is 29.5 Å². The summed E-state index contributed by atoms with van der Waals surface area (Å²) in [5, 5.41) is 15.4. The monoisotopic (exact) mass is 472 g/mol. The summed E-state index contributed by atoms with van der Waals surface area (Å²) >= 11 is 1.87. The molecular weight excluding hydrogens is 444 g/mol. The van der Waals surface area contributed by atoms with E-state index >= 15 is 0 Å². The van der Waals surface area contributed by atoms with Gasteiger partial charge in [0.05, 0.1) is 5.52 Å². The molecule has 6 heterocycles. The quantitative estimate of drug-likeness (QED) is 0.325. The van der Waals surface area contributed by atoms with Crippen molar-refractivity contribution >= 4 is 40.3 Å². The number of rotatable bonds is 6. The predicted molar refractivity (Wildman–Crippen MR) is 136 cm³/mol. The standard InChI is InChI=1S/C25H28N8S/c1-16-11-24(32-31-16)29-23-14-22-21(8-4-10-27-22)25(30-23)28-17-12-18-5-2-6-19(13-17)33(18)34-20-7-3-9-26-15-20/h3-4,7-11,14-15,17-19H,2,5-6,12-13H2,1H3,(H3,28,29,30,31,32)/t17-,18-,19?/m0/s1. The number of nitrogens with one attached hydrogen (secondary N) is 3. The summed E-state index contributed by atoms with van der Waals surface area (Å²) < 4.78 is 2.63. The summed E-state index contributed by atoms with van der Waals surface area (Å²) in [5.74, 6) is 2.38. The molecule has 0 radical (unpaired) electrons. The highest BCUT2D eigenvalue weighted by Crippen LogP contribution is 2.42. The van der Waals surface area contributed by atoms with Gasteiger partial charge in [-0.1, -0.05) is 6.42 Å². The molecule has 0 aliphatic carbocycles. The van der Waals surface area contributed by atoms with Crippen LogP contribution in [0, 0.1) is 6.92 Å². The molecule has 0 spiro atoms. The first-order valence-electron chi connectivity index (χ1n) is 11.9. The van der Waals surface area contributed by atoms with Crippen LogP contribution in [0.25, 0.3) is 10.9 Å². The Morgan fingerprint density at radius 3 is 2.68 bits per heavy atom. The van der Waals surface area contributed by atoms with Crippen molar-refractivity contribution in [2.45, 2.75) is 62.0 Å². The van der Waals surface area contributed by atoms with Crippen LogP contribution in [0.15, 0.2) is 59.9 Å². The molecule has 2 bridgehead atoms. The fraction of sp³-hybridized carbons (Fsp3) is 0.360. The highest BCUT2D eigenvalue weighted by Gasteiger charge is 2.39. The smallest absolute Gasteiger partial charge is 0.153 e. The van der Waals surface area contributed by atoms with Gasteiger partial charge in [0, 0.05) is 64.8 Å². The Morgan fingerprint density at radius 1 is 1.06 bits per heavy atom. The minimum Gasteiger partial charge on any atom is -0.367 e. The van der Waals surface area contributed by atoms with E-state index in [-0.39, 0.29) is 0 Å². The van der Waals surface area contributed by atoms with Crippen molar-refractivity contribution in [1.29, 1.82) is 0 Å². The third-order valence-corrected chi connectivity index (χ3v) is 7.91. The molecule has 2 aliphatic heterocycles. The first-order chi connectivity index (χ1) is 16.7. The first kappa shape index (κ1) is 21.4. The first-order valence-corrected chi connectivity index (χ1v) is 12.7. The zero-order valence-electron chi connectivity index (χ0n) is 19.1. The van der Waals surface area contributed by atoms with Crippen molar-refractivity contribution in [2.24, 2.45) is 0 Å². The molecule has 0 aromatic carbocycles. The number of pyridine rings is 3. The average molecular weight is 473 g/mol. The minimum absolute atomic E-state index is 0.375. The maximum atomic E-state index is 4.94. The lowest BCUT2D eigenvalue weighted by molar-refractivity contribution is 0.128. The van der Waals surface area contributed by atoms with E-state index in [9.17, 15) is 0 Å². The zero-order valence-corrected chi connectivity index (χ0v) is 19.9. The largest absolute Gasteiger partial charge is 0.367 e. The van der Waals surface area contributed by atoms with Crippen LogP contribution in [0.4, 0.5) is 17.5 Å². The SMILES string of the molecule is Cc1cc(Nc2cc3ncccc3c(N[C@@H]3CC4CCC[C@@H](C3)N4Sc3cccnc3)n2)n[nH]1. The van der Waals surface area contributed by atoms with Gasteiger partial charge in [-0.15, -0.1) is 0 Å². The van der Waals surface area contributed by atoms with E-state index in [1.807, 2.05) is 61.7 Å². The van der Waals surface area contributed by atoms with Crippen LogP contribution in [0.2, 0.25) is 0 Å². The van der Waals surface area contributed by atoms with E-state index in [0.717, 1.165) is 46.9 Å². The van der Waals surface area contributed by atoms with Gasteiger partial charge in [-0.05, 0) is 68.8 Å². The van der Waals surface area contributed by atoms with Crippen LogP contribution >= 0.6 is 11.9 Å². The summed E-state index contributed by atoms with van der Waals surface area (Å²) in [6.07, 6.45) is 11.6. The number of aryl methyl sites for hydroxylation is 1. The number of piperidine rings is 2. The molecule has 2 saturated heterocycles. The highest BCUT2D eigenvalue weighted by atomic mass is 32.2. The number of H-pyrrole nitrogens is 1. The third kappa shape index (κ3) is 4.45. The second-order valence-corrected chi connectivity index (χ2v) is 10.3. The van der Waals surface area contributed by atoms with E-state index in [0.29, 0.717) is 18.1 Å². The lowest BCUT2D eigenvalue weighted by Crippen LogP contribution is -2.51. The van der Waals surface area contributed by atoms with E-state index < -0.39 is 0 Å². The van der Waals surface area contributed by atoms with Crippen LogP contribution in [0.5, 0.6) is 0 Å². The van der Waals surface area contributed by atoms with Crippen LogP contribution in [-0.4, -0.2) is 47.6 Å². The van der Waals surface area contributed by atoms with Crippen molar-refractivity contribution in [3.8, 4) is 0 Å². The molecule has 2 aliphatic rings. The Kier molecular flexibility index (Phi) is 5.80. The highest BCUT2D eigenvalue weighted by molar-refractivity contribution is 7.97. The summed E-state index contributed by atoms with van der Waals surface area (Å²) in [6, 6.07) is 13.7. The number of nitrogens with zero attached hydrogens (tertiary/aromatic N) is 5. The van der Waals surface area contributed by atoms with E-state index in [1.165, 1.54) is 24.2 Å². The number of aromatic amines is 1. The summed E-state index contributed by atoms with van der Waals surface area (Å²) in [4.78, 5) is 15.0. The fourth-order valence-corrected chi connectivity index (χ4v) is 6.36. The van der Waals surface area contributed by atoms with Crippen molar-refractivity contribution in [3.05, 3.63) is 60.7 Å². The van der Waals surface area contributed by atoms with Crippen LogP contribution in [0.1, 0.15) is 37.8 Å². The second kappa shape index (κ2) is 9.23. The molecule has 3 N–H and O–H groups in total. The predicted octanol–water partition coefficient (Wildman–Crippen LogP) is 5.30. The van der Waals surface area contributed by atoms with E-state index in [1.54, 1.807) is 0 Å². The Morgan fingerprint density at radius 2 is 1.91 bits per heavy atom. The summed E-state index contributed by atoms with van der Waals surface area (Å²) in [5.41, 5.74) is 1.92. The lowest BCUT2D eigenvalue weighted by atomic mass is 9.84. The molecule has 0 saturated carbocycles. The van der Waals surface area contributed by atoms with Gasteiger partial charge in [-0.25, -0.2) is 9.29 Å². The molecule has 174 valence electrons. The van der Waals surface area contributed by atoms with Gasteiger partial charge in [-0.3, -0.25) is 15.1 Å². The summed E-state index contributed by atoms with van der Waals surface area (Å²) in [6.45, 7) is 1.98. The molecule has 3 atom stereocenters. The topological polar surface area (TPSA) is 94.7 Å². The molecule has 9 heteroatoms. The number of hydrogen-bond acceptors (Lipinski definition) is 8. The van der Waals surface area contributed by atoms with Crippen molar-refractivity contribution < 1.29 is 0 Å². The molecule has 1 unspecified atom stereocenters. The molecule has 8 nitrogen and oxygen atoms in total. The van der Waals surface area contributed by atoms with Crippen LogP contribution in [0.3, 0.4) is 0 Å². The molecule has 34 heavy (non-hydrogen) atoms. The number of aromatic nitrogens is 5. The molecule has 2 fully saturated rings. The third-order valence-electron chi connectivity index (χ3n) is 6.66. The number of fused-ring (bicyclic) bond motifs is 3. The van der Waals surface area contributed by atoms with Gasteiger partial charge >= 0.3 is 0 Å². The lowest BCUT2D eigenvalue weighted by Gasteiger charge is -2.48. The van der Waals surface area contributed by atoms with E-state index in [2.05, 4.69) is 47.2 Å². The Bertz CT molecular complexity index is 1260. The second-order valence-electron chi connectivity index (χ2n) is 9.18. The van der Waals surface area contributed by atoms with Crippen molar-refractivity contribution in [3.63, 3.8) is 0 Å². The van der Waals surface area contributed by atoms with Crippen molar-refractivity contribution in [2.75, 3.05) is 10.6 Å². The van der Waals surface area contributed by atoms with Gasteiger partial charge in [0.2, 0.25) is 0 Å². The minimum atomic E-state index is 0.375. The summed E-state index contributed by atoms with van der Waals surface area (Å²) in [7, 11) is 0. The van der Waals surface area contributed by atoms with Gasteiger partial charge in [0.15, 0.2) is 5.82 Å². The average Bonchev–Trinajstić information content (AvgIpc) is 3.24. The molecule has 4 aromatic heterocycles. The zero-order chi connectivity index (χ0) is 22.9. The van der Waals surface area contributed by atoms with Gasteiger partial charge in [0.25, 0.3) is 0 Å². The van der Waals surface area contributed by atoms with Gasteiger partial charge in [-0.2, -0.15) is 5.10 Å². The molecular formula is C25H28N8S. The molecule has 4 aromatic rings.